The molecular weight excluding hydrogens is 250 g/mol. The minimum atomic E-state index is -1.14. The van der Waals surface area contributed by atoms with Crippen LogP contribution >= 0.6 is 0 Å². The van der Waals surface area contributed by atoms with Crippen LogP contribution in [0.3, 0.4) is 0 Å². The topological polar surface area (TPSA) is 126 Å². The smallest absolute Gasteiger partial charge is 0.308 e. The first-order valence-electron chi connectivity index (χ1n) is 5.45. The molecule has 0 aliphatic carbocycles. The zero-order valence-corrected chi connectivity index (χ0v) is 10.8. The third-order valence-corrected chi connectivity index (χ3v) is 2.72. The molecule has 1 N–H and O–H groups in total. The van der Waals surface area contributed by atoms with Gasteiger partial charge in [-0.3, -0.25) is 19.6 Å². The van der Waals surface area contributed by atoms with Gasteiger partial charge in [0.25, 0.3) is 0 Å². The highest BCUT2D eigenvalue weighted by Gasteiger charge is 2.26. The summed E-state index contributed by atoms with van der Waals surface area (Å²) in [4.78, 5) is 22.1. The summed E-state index contributed by atoms with van der Waals surface area (Å²) in [6.07, 6.45) is 0. The van der Waals surface area contributed by atoms with Crippen LogP contribution in [0.5, 0.6) is 0 Å². The molecule has 0 fully saturated rings. The molecular formula is C11H13N5O3. The summed E-state index contributed by atoms with van der Waals surface area (Å²) in [6, 6.07) is 1.74. The molecule has 100 valence electrons. The fourth-order valence-corrected chi connectivity index (χ4v) is 1.75. The van der Waals surface area contributed by atoms with Gasteiger partial charge in [0.1, 0.15) is 23.9 Å². The second-order valence-electron chi connectivity index (χ2n) is 4.15. The Morgan fingerprint density at radius 3 is 2.58 bits per heavy atom. The molecule has 19 heavy (non-hydrogen) atoms. The van der Waals surface area contributed by atoms with Gasteiger partial charge in [0.2, 0.25) is 0 Å². The molecule has 1 atom stereocenters. The molecule has 0 aliphatic heterocycles. The molecule has 1 aromatic heterocycles. The molecule has 8 heteroatoms. The third-order valence-electron chi connectivity index (χ3n) is 2.72. The number of carbonyl (C=O) groups is 1. The summed E-state index contributed by atoms with van der Waals surface area (Å²) in [5, 5.41) is 30.9. The molecule has 0 aliphatic rings. The lowest BCUT2D eigenvalue weighted by molar-refractivity contribution is -0.386. The number of nitrogens with zero attached hydrogens (tertiary/aromatic N) is 4. The summed E-state index contributed by atoms with van der Waals surface area (Å²) < 4.78 is 1.20. The van der Waals surface area contributed by atoms with Gasteiger partial charge in [-0.05, 0) is 20.8 Å². The van der Waals surface area contributed by atoms with Gasteiger partial charge in [-0.2, -0.15) is 10.4 Å². The Bertz CT molecular complexity index is 596. The Labute approximate surface area is 109 Å². The first kappa shape index (κ1) is 14.5. The Hall–Kier alpha value is -2.56. The normalized spacial score (nSPS) is 11.7. The van der Waals surface area contributed by atoms with Crippen molar-refractivity contribution in [1.29, 1.82) is 10.7 Å². The van der Waals surface area contributed by atoms with Crippen LogP contribution in [0, 0.1) is 46.6 Å². The predicted octanol–water partition coefficient (Wildman–Crippen LogP) is 1.16. The monoisotopic (exact) mass is 263 g/mol. The van der Waals surface area contributed by atoms with E-state index >= 15 is 0 Å². The number of ketones is 1. The van der Waals surface area contributed by atoms with Crippen molar-refractivity contribution >= 4 is 17.2 Å². The van der Waals surface area contributed by atoms with Crippen molar-refractivity contribution in [2.75, 3.05) is 0 Å². The second kappa shape index (κ2) is 5.39. The van der Waals surface area contributed by atoms with E-state index in [2.05, 4.69) is 5.10 Å². The van der Waals surface area contributed by atoms with E-state index in [-0.39, 0.29) is 29.3 Å². The van der Waals surface area contributed by atoms with E-state index in [1.54, 1.807) is 6.07 Å². The van der Waals surface area contributed by atoms with Crippen LogP contribution in [0.2, 0.25) is 0 Å². The van der Waals surface area contributed by atoms with Crippen molar-refractivity contribution < 1.29 is 9.72 Å². The van der Waals surface area contributed by atoms with E-state index < -0.39 is 16.6 Å². The SMILES string of the molecule is CC(=N)[C@@H](C#N)C(=O)Cn1nc(C)c([N+](=O)[O-])c1C. The summed E-state index contributed by atoms with van der Waals surface area (Å²) in [5.74, 6) is -1.64. The minimum Gasteiger partial charge on any atom is -0.308 e. The molecule has 0 saturated heterocycles. The van der Waals surface area contributed by atoms with Crippen LogP contribution in [0.1, 0.15) is 18.3 Å². The molecule has 0 bridgehead atoms. The highest BCUT2D eigenvalue weighted by molar-refractivity contribution is 6.05. The average Bonchev–Trinajstić information content (AvgIpc) is 2.54. The quantitative estimate of drug-likeness (QED) is 0.484. The molecule has 0 aromatic carbocycles. The number of carbonyl (C=O) groups excluding carboxylic acids is 1. The van der Waals surface area contributed by atoms with Crippen LogP contribution in [0.4, 0.5) is 5.69 Å². The van der Waals surface area contributed by atoms with Gasteiger partial charge >= 0.3 is 5.69 Å². The van der Waals surface area contributed by atoms with Gasteiger partial charge in [0, 0.05) is 5.71 Å². The zero-order chi connectivity index (χ0) is 14.7. The van der Waals surface area contributed by atoms with Crippen LogP contribution in [0.25, 0.3) is 0 Å². The van der Waals surface area contributed by atoms with Crippen molar-refractivity contribution in [1.82, 2.24) is 9.78 Å². The Balaban J connectivity index is 3.05. The molecule has 1 rings (SSSR count). The van der Waals surface area contributed by atoms with Gasteiger partial charge in [0.15, 0.2) is 5.78 Å². The molecule has 0 radical (unpaired) electrons. The standard InChI is InChI=1S/C11H13N5O3/c1-6(13)9(4-12)10(17)5-15-8(3)11(16(18)19)7(2)14-15/h9,13H,5H2,1-3H3/t9-/m1/s1. The van der Waals surface area contributed by atoms with Crippen LogP contribution in [0.15, 0.2) is 0 Å². The first-order valence-corrected chi connectivity index (χ1v) is 5.45. The highest BCUT2D eigenvalue weighted by atomic mass is 16.6. The lowest BCUT2D eigenvalue weighted by Crippen LogP contribution is -2.25. The molecule has 1 aromatic rings. The predicted molar refractivity (Wildman–Crippen MR) is 65.9 cm³/mol. The number of nitro groups is 1. The van der Waals surface area contributed by atoms with E-state index in [4.69, 9.17) is 10.7 Å². The second-order valence-corrected chi connectivity index (χ2v) is 4.15. The zero-order valence-electron chi connectivity index (χ0n) is 10.8. The average molecular weight is 263 g/mol. The summed E-state index contributed by atoms with van der Waals surface area (Å²) in [5.41, 5.74) is 0.293. The van der Waals surface area contributed by atoms with Crippen molar-refractivity contribution in [2.45, 2.75) is 27.3 Å². The van der Waals surface area contributed by atoms with E-state index in [9.17, 15) is 14.9 Å². The number of nitrogens with one attached hydrogen (secondary N) is 1. The van der Waals surface area contributed by atoms with E-state index in [1.165, 1.54) is 25.5 Å². The van der Waals surface area contributed by atoms with Crippen molar-refractivity contribution in [3.8, 4) is 6.07 Å². The van der Waals surface area contributed by atoms with Gasteiger partial charge in [-0.1, -0.05) is 0 Å². The van der Waals surface area contributed by atoms with Crippen LogP contribution in [-0.4, -0.2) is 26.2 Å². The number of nitriles is 1. The maximum absolute atomic E-state index is 11.8. The van der Waals surface area contributed by atoms with Crippen LogP contribution < -0.4 is 0 Å². The lowest BCUT2D eigenvalue weighted by Gasteiger charge is -2.07. The van der Waals surface area contributed by atoms with Gasteiger partial charge in [-0.15, -0.1) is 0 Å². The first-order chi connectivity index (χ1) is 8.79. The number of rotatable bonds is 5. The number of hydrogen-bond donors (Lipinski definition) is 1. The molecule has 0 amide bonds. The third kappa shape index (κ3) is 2.82. The Morgan fingerprint density at radius 2 is 2.21 bits per heavy atom. The maximum atomic E-state index is 11.8. The molecule has 0 unspecified atom stereocenters. The van der Waals surface area contributed by atoms with Crippen LogP contribution in [-0.2, 0) is 11.3 Å². The molecule has 0 spiro atoms. The maximum Gasteiger partial charge on any atom is 0.312 e. The fraction of sp³-hybridized carbons (Fsp3) is 0.455. The summed E-state index contributed by atoms with van der Waals surface area (Å²) in [6.45, 7) is 4.09. The number of aryl methyl sites for hydroxylation is 1. The number of aromatic nitrogens is 2. The van der Waals surface area contributed by atoms with Gasteiger partial charge in [0.05, 0.1) is 11.0 Å². The van der Waals surface area contributed by atoms with E-state index in [0.717, 1.165) is 0 Å². The highest BCUT2D eigenvalue weighted by Crippen LogP contribution is 2.21. The summed E-state index contributed by atoms with van der Waals surface area (Å²) in [7, 11) is 0. The number of hydrogen-bond acceptors (Lipinski definition) is 6. The fourth-order valence-electron chi connectivity index (χ4n) is 1.75. The largest absolute Gasteiger partial charge is 0.312 e. The Kier molecular flexibility index (Phi) is 4.11. The molecule has 0 saturated carbocycles. The minimum absolute atomic E-state index is 0.0523. The molecule has 8 nitrogen and oxygen atoms in total. The number of Topliss-reactive ketones (excluding diaryl/α,β-unsaturated/α-hetero) is 1. The van der Waals surface area contributed by atoms with Crippen molar-refractivity contribution in [2.24, 2.45) is 5.92 Å². The lowest BCUT2D eigenvalue weighted by atomic mass is 10.0. The van der Waals surface area contributed by atoms with E-state index in [1.807, 2.05) is 0 Å². The van der Waals surface area contributed by atoms with E-state index in [0.29, 0.717) is 0 Å². The van der Waals surface area contributed by atoms with Crippen molar-refractivity contribution in [3.05, 3.63) is 21.5 Å². The van der Waals surface area contributed by atoms with Gasteiger partial charge < -0.3 is 5.41 Å². The Morgan fingerprint density at radius 1 is 1.63 bits per heavy atom. The summed E-state index contributed by atoms with van der Waals surface area (Å²) >= 11 is 0. The van der Waals surface area contributed by atoms with Gasteiger partial charge in [-0.25, -0.2) is 0 Å². The van der Waals surface area contributed by atoms with Crippen molar-refractivity contribution in [3.63, 3.8) is 0 Å². The molecule has 1 heterocycles.